The van der Waals surface area contributed by atoms with Crippen molar-refractivity contribution in [3.05, 3.63) is 24.0 Å². The Hall–Kier alpha value is -1.82. The van der Waals surface area contributed by atoms with Crippen LogP contribution in [0.5, 0.6) is 0 Å². The first-order valence-electron chi connectivity index (χ1n) is 6.51. The summed E-state index contributed by atoms with van der Waals surface area (Å²) in [5.41, 5.74) is 7.19. The van der Waals surface area contributed by atoms with Crippen molar-refractivity contribution < 1.29 is 5.21 Å². The molecule has 104 valence electrons. The molecule has 1 fully saturated rings. The van der Waals surface area contributed by atoms with Gasteiger partial charge < -0.3 is 20.7 Å². The number of amidine groups is 1. The monoisotopic (exact) mass is 263 g/mol. The predicted octanol–water partition coefficient (Wildman–Crippen LogP) is 0.707. The molecule has 2 rings (SSSR count). The zero-order chi connectivity index (χ0) is 13.8. The molecule has 1 atom stereocenters. The van der Waals surface area contributed by atoms with E-state index in [0.717, 1.165) is 31.7 Å². The second-order valence-electron chi connectivity index (χ2n) is 5.01. The van der Waals surface area contributed by atoms with Crippen LogP contribution in [-0.2, 0) is 0 Å². The van der Waals surface area contributed by atoms with E-state index in [1.54, 1.807) is 6.20 Å². The minimum atomic E-state index is 0.0559. The van der Waals surface area contributed by atoms with Crippen LogP contribution in [-0.4, -0.2) is 53.7 Å². The van der Waals surface area contributed by atoms with Crippen LogP contribution in [0.3, 0.4) is 0 Å². The molecule has 0 aliphatic carbocycles. The van der Waals surface area contributed by atoms with Gasteiger partial charge in [0.05, 0.1) is 5.69 Å². The Labute approximate surface area is 113 Å². The second-order valence-corrected chi connectivity index (χ2v) is 5.01. The lowest BCUT2D eigenvalue weighted by atomic mass is 10.2. The van der Waals surface area contributed by atoms with Gasteiger partial charge in [0.1, 0.15) is 5.69 Å². The van der Waals surface area contributed by atoms with E-state index in [1.165, 1.54) is 0 Å². The number of nitrogens with two attached hydrogens (primary N) is 1. The van der Waals surface area contributed by atoms with Crippen molar-refractivity contribution in [1.29, 1.82) is 0 Å². The molecule has 1 aromatic heterocycles. The van der Waals surface area contributed by atoms with Gasteiger partial charge in [0.2, 0.25) is 0 Å². The number of pyridine rings is 1. The van der Waals surface area contributed by atoms with Crippen LogP contribution >= 0.6 is 0 Å². The molecule has 0 saturated carbocycles. The smallest absolute Gasteiger partial charge is 0.190 e. The van der Waals surface area contributed by atoms with E-state index in [4.69, 9.17) is 10.9 Å². The molecule has 6 heteroatoms. The Morgan fingerprint density at radius 2 is 2.32 bits per heavy atom. The third-order valence-corrected chi connectivity index (χ3v) is 3.49. The summed E-state index contributed by atoms with van der Waals surface area (Å²) in [6.45, 7) is 5.21. The van der Waals surface area contributed by atoms with Crippen molar-refractivity contribution >= 4 is 11.5 Å². The number of hydrogen-bond donors (Lipinski definition) is 2. The number of aromatic nitrogens is 1. The normalized spacial score (nSPS) is 22.3. The molecule has 0 amide bonds. The van der Waals surface area contributed by atoms with Gasteiger partial charge in [-0.05, 0) is 39.1 Å². The van der Waals surface area contributed by atoms with E-state index in [2.05, 4.69) is 33.9 Å². The summed E-state index contributed by atoms with van der Waals surface area (Å²) in [5, 5.41) is 11.9. The number of hydrogen-bond acceptors (Lipinski definition) is 5. The summed E-state index contributed by atoms with van der Waals surface area (Å²) in [6, 6.07) is 4.22. The first-order valence-corrected chi connectivity index (χ1v) is 6.51. The molecule has 1 saturated heterocycles. The molecule has 0 spiro atoms. The zero-order valence-electron chi connectivity index (χ0n) is 11.5. The van der Waals surface area contributed by atoms with Gasteiger partial charge in [0, 0.05) is 25.3 Å². The van der Waals surface area contributed by atoms with Gasteiger partial charge in [0.25, 0.3) is 0 Å². The van der Waals surface area contributed by atoms with Crippen LogP contribution < -0.4 is 10.6 Å². The Morgan fingerprint density at radius 3 is 3.05 bits per heavy atom. The fourth-order valence-electron chi connectivity index (χ4n) is 2.60. The molecule has 2 heterocycles. The Morgan fingerprint density at radius 1 is 1.53 bits per heavy atom. The zero-order valence-corrected chi connectivity index (χ0v) is 11.5. The van der Waals surface area contributed by atoms with E-state index in [9.17, 15) is 0 Å². The van der Waals surface area contributed by atoms with E-state index in [-0.39, 0.29) is 5.84 Å². The molecule has 1 aliphatic heterocycles. The van der Waals surface area contributed by atoms with Crippen molar-refractivity contribution in [3.63, 3.8) is 0 Å². The summed E-state index contributed by atoms with van der Waals surface area (Å²) in [6.07, 6.45) is 2.75. The third-order valence-electron chi connectivity index (χ3n) is 3.49. The minimum absolute atomic E-state index is 0.0559. The average Bonchev–Trinajstić information content (AvgIpc) is 2.58. The molecule has 1 aromatic rings. The summed E-state index contributed by atoms with van der Waals surface area (Å²) in [4.78, 5) is 8.84. The Balaban J connectivity index is 2.35. The quantitative estimate of drug-likeness (QED) is 0.355. The second kappa shape index (κ2) is 5.88. The van der Waals surface area contributed by atoms with E-state index >= 15 is 0 Å². The molecule has 6 nitrogen and oxygen atoms in total. The number of nitrogens with zero attached hydrogens (tertiary/aromatic N) is 4. The maximum Gasteiger partial charge on any atom is 0.190 e. The Kier molecular flexibility index (Phi) is 4.21. The number of oxime groups is 1. The summed E-state index contributed by atoms with van der Waals surface area (Å²) in [7, 11) is 2.13. The van der Waals surface area contributed by atoms with Gasteiger partial charge in [-0.15, -0.1) is 0 Å². The maximum atomic E-state index is 8.87. The number of likely N-dealkylation sites (N-methyl/N-ethyl adjacent to an activating group) is 1. The van der Waals surface area contributed by atoms with Crippen LogP contribution in [0.2, 0.25) is 0 Å². The van der Waals surface area contributed by atoms with Gasteiger partial charge in [-0.2, -0.15) is 0 Å². The molecule has 0 aromatic carbocycles. The number of rotatable bonds is 2. The van der Waals surface area contributed by atoms with Crippen LogP contribution in [0, 0.1) is 0 Å². The molecule has 19 heavy (non-hydrogen) atoms. The predicted molar refractivity (Wildman–Crippen MR) is 75.7 cm³/mol. The highest BCUT2D eigenvalue weighted by molar-refractivity contribution is 6.00. The van der Waals surface area contributed by atoms with Gasteiger partial charge in [0.15, 0.2) is 5.84 Å². The lowest BCUT2D eigenvalue weighted by Gasteiger charge is -2.31. The topological polar surface area (TPSA) is 78.0 Å². The van der Waals surface area contributed by atoms with Crippen LogP contribution in [0.1, 0.15) is 19.0 Å². The van der Waals surface area contributed by atoms with Crippen molar-refractivity contribution in [3.8, 4) is 0 Å². The lowest BCUT2D eigenvalue weighted by Crippen LogP contribution is -2.39. The van der Waals surface area contributed by atoms with E-state index in [1.807, 2.05) is 12.1 Å². The SMILES string of the molecule is CC1CN(C)CCCN1c1cccnc1/C(N)=N/O. The first-order chi connectivity index (χ1) is 9.13. The highest BCUT2D eigenvalue weighted by Crippen LogP contribution is 2.23. The molecule has 1 aliphatic rings. The highest BCUT2D eigenvalue weighted by atomic mass is 16.4. The number of anilines is 1. The van der Waals surface area contributed by atoms with Crippen molar-refractivity contribution in [2.75, 3.05) is 31.6 Å². The fourth-order valence-corrected chi connectivity index (χ4v) is 2.60. The molecule has 1 unspecified atom stereocenters. The van der Waals surface area contributed by atoms with Crippen LogP contribution in [0.4, 0.5) is 5.69 Å². The van der Waals surface area contributed by atoms with Gasteiger partial charge in [-0.3, -0.25) is 4.98 Å². The third kappa shape index (κ3) is 2.96. The standard InChI is InChI=1S/C13H21N5O/c1-10-9-17(2)7-4-8-18(10)11-5-3-6-15-12(11)13(14)16-19/h3,5-6,10,19H,4,7-9H2,1-2H3,(H2,14,16). The summed E-state index contributed by atoms with van der Waals surface area (Å²) >= 11 is 0. The largest absolute Gasteiger partial charge is 0.409 e. The van der Waals surface area contributed by atoms with Gasteiger partial charge in [-0.1, -0.05) is 5.16 Å². The minimum Gasteiger partial charge on any atom is -0.409 e. The fraction of sp³-hybridized carbons (Fsp3) is 0.538. The first kappa shape index (κ1) is 13.6. The van der Waals surface area contributed by atoms with E-state index in [0.29, 0.717) is 11.7 Å². The van der Waals surface area contributed by atoms with Crippen molar-refractivity contribution in [2.45, 2.75) is 19.4 Å². The Bertz CT molecular complexity index is 462. The van der Waals surface area contributed by atoms with E-state index < -0.39 is 0 Å². The van der Waals surface area contributed by atoms with Gasteiger partial charge in [-0.25, -0.2) is 0 Å². The van der Waals surface area contributed by atoms with Crippen LogP contribution in [0.25, 0.3) is 0 Å². The average molecular weight is 263 g/mol. The highest BCUT2D eigenvalue weighted by Gasteiger charge is 2.23. The lowest BCUT2D eigenvalue weighted by molar-refractivity contribution is 0.318. The summed E-state index contributed by atoms with van der Waals surface area (Å²) in [5.74, 6) is 0.0559. The van der Waals surface area contributed by atoms with Gasteiger partial charge >= 0.3 is 0 Å². The molecular weight excluding hydrogens is 242 g/mol. The van der Waals surface area contributed by atoms with Crippen molar-refractivity contribution in [1.82, 2.24) is 9.88 Å². The maximum absolute atomic E-state index is 8.87. The molecular formula is C13H21N5O. The van der Waals surface area contributed by atoms with Crippen LogP contribution in [0.15, 0.2) is 23.5 Å². The molecule has 3 N–H and O–H groups in total. The molecule has 0 bridgehead atoms. The van der Waals surface area contributed by atoms with Crippen molar-refractivity contribution in [2.24, 2.45) is 10.9 Å². The molecule has 0 radical (unpaired) electrons. The summed E-state index contributed by atoms with van der Waals surface area (Å²) < 4.78 is 0.